The van der Waals surface area contributed by atoms with Crippen molar-refractivity contribution in [3.05, 3.63) is 66.2 Å². The van der Waals surface area contributed by atoms with Gasteiger partial charge in [0.25, 0.3) is 5.91 Å². The summed E-state index contributed by atoms with van der Waals surface area (Å²) in [5.74, 6) is 1.00. The van der Waals surface area contributed by atoms with Crippen LogP contribution in [-0.4, -0.2) is 32.3 Å². The quantitative estimate of drug-likeness (QED) is 0.510. The highest BCUT2D eigenvalue weighted by Gasteiger charge is 2.11. The van der Waals surface area contributed by atoms with Crippen molar-refractivity contribution >= 4 is 11.6 Å². The number of para-hydroxylation sites is 2. The second kappa shape index (κ2) is 10.3. The minimum absolute atomic E-state index is 0.230. The van der Waals surface area contributed by atoms with Gasteiger partial charge in [0.05, 0.1) is 12.3 Å². The van der Waals surface area contributed by atoms with Gasteiger partial charge in [0.2, 0.25) is 0 Å². The van der Waals surface area contributed by atoms with E-state index in [1.807, 2.05) is 38.1 Å². The number of carbonyl (C=O) groups is 1. The van der Waals surface area contributed by atoms with E-state index >= 15 is 0 Å². The van der Waals surface area contributed by atoms with Gasteiger partial charge in [-0.3, -0.25) is 4.79 Å². The number of ether oxygens (including phenoxy) is 3. The zero-order chi connectivity index (χ0) is 18.8. The highest BCUT2D eigenvalue weighted by atomic mass is 16.5. The molecule has 0 unspecified atom stereocenters. The van der Waals surface area contributed by atoms with Crippen LogP contribution >= 0.6 is 0 Å². The third-order valence-electron chi connectivity index (χ3n) is 3.41. The van der Waals surface area contributed by atoms with E-state index in [2.05, 4.69) is 11.9 Å². The number of rotatable bonds is 10. The van der Waals surface area contributed by atoms with Gasteiger partial charge in [-0.2, -0.15) is 0 Å². The predicted octanol–water partition coefficient (Wildman–Crippen LogP) is 4.31. The van der Waals surface area contributed by atoms with Gasteiger partial charge >= 0.3 is 0 Å². The molecule has 0 aliphatic rings. The second-order valence-corrected chi connectivity index (χ2v) is 5.77. The number of benzene rings is 2. The highest BCUT2D eigenvalue weighted by molar-refractivity contribution is 6.05. The largest absolute Gasteiger partial charge is 0.491 e. The number of carbonyl (C=O) groups excluding carboxylic acids is 1. The van der Waals surface area contributed by atoms with E-state index in [0.717, 1.165) is 5.57 Å². The van der Waals surface area contributed by atoms with E-state index in [1.165, 1.54) is 0 Å². The van der Waals surface area contributed by atoms with E-state index < -0.39 is 0 Å². The number of hydrogen-bond acceptors (Lipinski definition) is 4. The summed E-state index contributed by atoms with van der Waals surface area (Å²) in [5, 5.41) is 2.88. The lowest BCUT2D eigenvalue weighted by atomic mass is 10.2. The van der Waals surface area contributed by atoms with Crippen LogP contribution in [0.1, 0.15) is 24.2 Å². The van der Waals surface area contributed by atoms with Crippen LogP contribution in [-0.2, 0) is 4.74 Å². The van der Waals surface area contributed by atoms with Crippen LogP contribution in [0, 0.1) is 0 Å². The van der Waals surface area contributed by atoms with E-state index in [4.69, 9.17) is 14.2 Å². The molecule has 0 saturated carbocycles. The first-order chi connectivity index (χ1) is 12.6. The second-order valence-electron chi connectivity index (χ2n) is 5.77. The molecule has 1 amide bonds. The fourth-order valence-corrected chi connectivity index (χ4v) is 2.18. The summed E-state index contributed by atoms with van der Waals surface area (Å²) in [6.07, 6.45) is 0. The molecule has 2 aromatic rings. The van der Waals surface area contributed by atoms with Gasteiger partial charge < -0.3 is 19.5 Å². The topological polar surface area (TPSA) is 56.8 Å². The first-order valence-corrected chi connectivity index (χ1v) is 8.58. The fraction of sp³-hybridized carbons (Fsp3) is 0.286. The van der Waals surface area contributed by atoms with Gasteiger partial charge in [0.15, 0.2) is 0 Å². The lowest BCUT2D eigenvalue weighted by molar-refractivity contribution is 0.102. The maximum atomic E-state index is 12.6. The molecular weight excluding hydrogens is 330 g/mol. The molecule has 0 fully saturated rings. The summed E-state index contributed by atoms with van der Waals surface area (Å²) >= 11 is 0. The van der Waals surface area contributed by atoms with Crippen LogP contribution < -0.4 is 14.8 Å². The normalized spacial score (nSPS) is 10.2. The van der Waals surface area contributed by atoms with Gasteiger partial charge in [-0.25, -0.2) is 0 Å². The monoisotopic (exact) mass is 355 g/mol. The van der Waals surface area contributed by atoms with Crippen molar-refractivity contribution in [2.45, 2.75) is 13.8 Å². The van der Waals surface area contributed by atoms with Crippen molar-refractivity contribution in [2.75, 3.05) is 31.7 Å². The molecule has 0 aliphatic heterocycles. The molecule has 0 atom stereocenters. The van der Waals surface area contributed by atoms with E-state index in [-0.39, 0.29) is 5.91 Å². The van der Waals surface area contributed by atoms with Crippen LogP contribution in [0.5, 0.6) is 11.5 Å². The van der Waals surface area contributed by atoms with E-state index in [9.17, 15) is 4.79 Å². The summed E-state index contributed by atoms with van der Waals surface area (Å²) in [5.41, 5.74) is 2.03. The lowest BCUT2D eigenvalue weighted by Gasteiger charge is -2.13. The van der Waals surface area contributed by atoms with Crippen molar-refractivity contribution in [3.63, 3.8) is 0 Å². The van der Waals surface area contributed by atoms with Crippen molar-refractivity contribution in [2.24, 2.45) is 0 Å². The first kappa shape index (κ1) is 19.5. The molecule has 0 aromatic heterocycles. The van der Waals surface area contributed by atoms with Gasteiger partial charge in [0, 0.05) is 12.2 Å². The number of nitrogens with one attached hydrogen (secondary N) is 1. The Balaban J connectivity index is 2.02. The summed E-state index contributed by atoms with van der Waals surface area (Å²) in [7, 11) is 0. The Labute approximate surface area is 154 Å². The Morgan fingerprint density at radius 1 is 1.08 bits per heavy atom. The van der Waals surface area contributed by atoms with E-state index in [1.54, 1.807) is 24.3 Å². The Bertz CT molecular complexity index is 742. The fourth-order valence-electron chi connectivity index (χ4n) is 2.18. The van der Waals surface area contributed by atoms with Gasteiger partial charge in [-0.15, -0.1) is 0 Å². The Hall–Kier alpha value is -2.79. The number of hydrogen-bond donors (Lipinski definition) is 1. The van der Waals surface area contributed by atoms with Crippen LogP contribution in [0.4, 0.5) is 5.69 Å². The van der Waals surface area contributed by atoms with Crippen LogP contribution in [0.25, 0.3) is 0 Å². The van der Waals surface area contributed by atoms with Gasteiger partial charge in [0.1, 0.15) is 24.7 Å². The molecule has 138 valence electrons. The van der Waals surface area contributed by atoms with Crippen molar-refractivity contribution in [1.82, 2.24) is 0 Å². The maximum absolute atomic E-state index is 12.6. The van der Waals surface area contributed by atoms with Gasteiger partial charge in [-0.05, 0) is 49.8 Å². The van der Waals surface area contributed by atoms with Gasteiger partial charge in [-0.1, -0.05) is 24.8 Å². The molecule has 0 saturated heterocycles. The third kappa shape index (κ3) is 6.26. The molecule has 26 heavy (non-hydrogen) atoms. The average Bonchev–Trinajstić information content (AvgIpc) is 2.64. The summed E-state index contributed by atoms with van der Waals surface area (Å²) in [6.45, 7) is 9.65. The van der Waals surface area contributed by atoms with Crippen LogP contribution in [0.3, 0.4) is 0 Å². The third-order valence-corrected chi connectivity index (χ3v) is 3.41. The Kier molecular flexibility index (Phi) is 7.71. The SMILES string of the molecule is C=C(C)COc1ccccc1NC(=O)c1cccc(OCCOCC)c1. The predicted molar refractivity (Wildman–Crippen MR) is 103 cm³/mol. The Morgan fingerprint density at radius 3 is 2.65 bits per heavy atom. The first-order valence-electron chi connectivity index (χ1n) is 8.58. The Morgan fingerprint density at radius 2 is 1.88 bits per heavy atom. The molecule has 0 heterocycles. The summed E-state index contributed by atoms with van der Waals surface area (Å²) < 4.78 is 16.5. The molecule has 2 rings (SSSR count). The highest BCUT2D eigenvalue weighted by Crippen LogP contribution is 2.25. The molecule has 0 radical (unpaired) electrons. The zero-order valence-corrected chi connectivity index (χ0v) is 15.3. The summed E-state index contributed by atoms with van der Waals surface area (Å²) in [4.78, 5) is 12.6. The molecule has 5 nitrogen and oxygen atoms in total. The molecule has 0 bridgehead atoms. The van der Waals surface area contributed by atoms with Crippen molar-refractivity contribution in [1.29, 1.82) is 0 Å². The van der Waals surface area contributed by atoms with Crippen molar-refractivity contribution < 1.29 is 19.0 Å². The number of anilines is 1. The smallest absolute Gasteiger partial charge is 0.255 e. The average molecular weight is 355 g/mol. The maximum Gasteiger partial charge on any atom is 0.255 e. The van der Waals surface area contributed by atoms with E-state index in [0.29, 0.717) is 49.2 Å². The molecule has 2 aromatic carbocycles. The zero-order valence-electron chi connectivity index (χ0n) is 15.3. The number of amides is 1. The lowest BCUT2D eigenvalue weighted by Crippen LogP contribution is -2.13. The minimum atomic E-state index is -0.230. The molecule has 0 spiro atoms. The molecular formula is C21H25NO4. The summed E-state index contributed by atoms with van der Waals surface area (Å²) in [6, 6.07) is 14.4. The van der Waals surface area contributed by atoms with Crippen LogP contribution in [0.15, 0.2) is 60.7 Å². The van der Waals surface area contributed by atoms with Crippen LogP contribution in [0.2, 0.25) is 0 Å². The minimum Gasteiger partial charge on any atom is -0.491 e. The van der Waals surface area contributed by atoms with Crippen molar-refractivity contribution in [3.8, 4) is 11.5 Å². The standard InChI is InChI=1S/C21H25NO4/c1-4-24-12-13-25-18-9-7-8-17(14-18)21(23)22-19-10-5-6-11-20(19)26-15-16(2)3/h5-11,14H,2,4,12-13,15H2,1,3H3,(H,22,23). The molecule has 0 aliphatic carbocycles. The molecule has 1 N–H and O–H groups in total. The molecule has 5 heteroatoms.